The summed E-state index contributed by atoms with van der Waals surface area (Å²) in [6.45, 7) is 5.14. The summed E-state index contributed by atoms with van der Waals surface area (Å²) in [6, 6.07) is 6.36. The lowest BCUT2D eigenvalue weighted by atomic mass is 10.1. The Kier molecular flexibility index (Phi) is 6.77. The summed E-state index contributed by atoms with van der Waals surface area (Å²) >= 11 is 0. The van der Waals surface area contributed by atoms with Crippen molar-refractivity contribution in [2.75, 3.05) is 6.54 Å². The van der Waals surface area contributed by atoms with Crippen LogP contribution in [0.15, 0.2) is 30.3 Å². The average molecular weight is 375 g/mol. The number of aliphatic carboxylic acids is 1. The molecule has 26 heavy (non-hydrogen) atoms. The summed E-state index contributed by atoms with van der Waals surface area (Å²) in [5, 5.41) is 8.72. The van der Waals surface area contributed by atoms with Crippen molar-refractivity contribution >= 4 is 18.0 Å². The van der Waals surface area contributed by atoms with Gasteiger partial charge in [-0.25, -0.2) is 9.69 Å². The second-order valence-corrected chi connectivity index (χ2v) is 6.51. The van der Waals surface area contributed by atoms with Crippen LogP contribution in [-0.4, -0.2) is 40.1 Å². The van der Waals surface area contributed by atoms with Crippen LogP contribution in [0, 0.1) is 5.92 Å². The lowest BCUT2D eigenvalue weighted by molar-refractivity contribution is -0.147. The van der Waals surface area contributed by atoms with Crippen molar-refractivity contribution in [3.8, 4) is 0 Å². The molecule has 2 amide bonds. The zero-order chi connectivity index (χ0) is 20.1. The van der Waals surface area contributed by atoms with E-state index in [-0.39, 0.29) is 13.0 Å². The number of ether oxygens (including phenoxy) is 1. The Bertz CT molecular complexity index is 653. The number of imide groups is 1. The number of halogens is 3. The molecule has 1 aromatic rings. The van der Waals surface area contributed by atoms with Gasteiger partial charge >= 0.3 is 18.2 Å². The van der Waals surface area contributed by atoms with E-state index in [9.17, 15) is 27.6 Å². The molecule has 0 aliphatic carbocycles. The van der Waals surface area contributed by atoms with Crippen LogP contribution in [0.4, 0.5) is 18.0 Å². The third-order valence-corrected chi connectivity index (χ3v) is 3.22. The molecular weight excluding hydrogens is 355 g/mol. The molecule has 1 unspecified atom stereocenters. The third kappa shape index (κ3) is 6.38. The summed E-state index contributed by atoms with van der Waals surface area (Å²) in [6.07, 6.45) is -4.84. The molecule has 144 valence electrons. The third-order valence-electron chi connectivity index (χ3n) is 3.22. The normalized spacial score (nSPS) is 17.4. The number of alkyl halides is 3. The molecule has 1 aromatic carbocycles. The molecule has 1 heterocycles. The van der Waals surface area contributed by atoms with Crippen molar-refractivity contribution < 1.29 is 37.4 Å². The molecular formula is C17H20F3NO5. The number of rotatable bonds is 1. The number of likely N-dealkylation sites (tertiary alicyclic amines) is 1. The first-order chi connectivity index (χ1) is 11.8. The van der Waals surface area contributed by atoms with E-state index in [2.05, 4.69) is 0 Å². The lowest BCUT2D eigenvalue weighted by Gasteiger charge is -2.23. The van der Waals surface area contributed by atoms with E-state index in [0.717, 1.165) is 17.0 Å². The largest absolute Gasteiger partial charge is 0.481 e. The Morgan fingerprint density at radius 2 is 1.69 bits per heavy atom. The van der Waals surface area contributed by atoms with Crippen LogP contribution < -0.4 is 0 Å². The van der Waals surface area contributed by atoms with Crippen LogP contribution in [0.3, 0.4) is 0 Å². The van der Waals surface area contributed by atoms with E-state index in [1.165, 1.54) is 12.1 Å². The number of benzene rings is 1. The quantitative estimate of drug-likeness (QED) is 0.759. The van der Waals surface area contributed by atoms with Crippen molar-refractivity contribution in [2.24, 2.45) is 5.92 Å². The van der Waals surface area contributed by atoms with E-state index >= 15 is 0 Å². The van der Waals surface area contributed by atoms with Crippen molar-refractivity contribution in [3.05, 3.63) is 35.9 Å². The van der Waals surface area contributed by atoms with Gasteiger partial charge in [-0.3, -0.25) is 9.59 Å². The van der Waals surface area contributed by atoms with Gasteiger partial charge in [-0.1, -0.05) is 30.3 Å². The molecule has 1 fully saturated rings. The Morgan fingerprint density at radius 1 is 1.15 bits per heavy atom. The second-order valence-electron chi connectivity index (χ2n) is 6.51. The van der Waals surface area contributed by atoms with Gasteiger partial charge in [-0.2, -0.15) is 13.2 Å². The van der Waals surface area contributed by atoms with Gasteiger partial charge in [0.2, 0.25) is 5.91 Å². The van der Waals surface area contributed by atoms with E-state index in [4.69, 9.17) is 9.84 Å². The first-order valence-electron chi connectivity index (χ1n) is 7.72. The summed E-state index contributed by atoms with van der Waals surface area (Å²) in [5.74, 6) is -3.01. The standard InChI is InChI=1S/C10H15NO5.C7H5F3/c1-10(2,3)16-9(15)11-5-4-6(7(11)12)8(13)14;8-7(9,10)6-4-2-1-3-5-6/h6H,4-5H2,1-3H3,(H,13,14);1-5H. The molecule has 1 aliphatic rings. The van der Waals surface area contributed by atoms with Crippen LogP contribution in [0.1, 0.15) is 32.8 Å². The topological polar surface area (TPSA) is 83.9 Å². The minimum atomic E-state index is -4.21. The van der Waals surface area contributed by atoms with E-state index < -0.39 is 41.2 Å². The van der Waals surface area contributed by atoms with E-state index in [1.807, 2.05) is 0 Å². The maximum atomic E-state index is 11.8. The Hall–Kier alpha value is -2.58. The Balaban J connectivity index is 0.000000289. The van der Waals surface area contributed by atoms with Crippen molar-refractivity contribution in [1.29, 1.82) is 0 Å². The predicted molar refractivity (Wildman–Crippen MR) is 85.1 cm³/mol. The molecule has 6 nitrogen and oxygen atoms in total. The minimum absolute atomic E-state index is 0.102. The van der Waals surface area contributed by atoms with Crippen molar-refractivity contribution in [3.63, 3.8) is 0 Å². The molecule has 1 atom stereocenters. The highest BCUT2D eigenvalue weighted by atomic mass is 19.4. The fourth-order valence-corrected chi connectivity index (χ4v) is 2.03. The Morgan fingerprint density at radius 3 is 2.04 bits per heavy atom. The predicted octanol–water partition coefficient (Wildman–Crippen LogP) is 3.56. The van der Waals surface area contributed by atoms with Crippen LogP contribution in [0.25, 0.3) is 0 Å². The maximum absolute atomic E-state index is 11.8. The van der Waals surface area contributed by atoms with Crippen molar-refractivity contribution in [2.45, 2.75) is 39.0 Å². The number of carbonyl (C=O) groups is 3. The number of amides is 2. The number of carboxylic acid groups (broad SMARTS) is 1. The SMILES string of the molecule is CC(C)(C)OC(=O)N1CCC(C(=O)O)C1=O.FC(F)(F)c1ccccc1. The van der Waals surface area contributed by atoms with Crippen molar-refractivity contribution in [1.82, 2.24) is 4.90 Å². The van der Waals surface area contributed by atoms with Crippen LogP contribution in [0.5, 0.6) is 0 Å². The molecule has 0 saturated carbocycles. The number of hydrogen-bond donors (Lipinski definition) is 1. The van der Waals surface area contributed by atoms with Gasteiger partial charge < -0.3 is 9.84 Å². The second kappa shape index (κ2) is 8.20. The molecule has 0 aromatic heterocycles. The first kappa shape index (κ1) is 21.5. The Labute approximate surface area is 148 Å². The summed E-state index contributed by atoms with van der Waals surface area (Å²) in [4.78, 5) is 34.6. The molecule has 2 rings (SSSR count). The van der Waals surface area contributed by atoms with Gasteiger partial charge in [0.15, 0.2) is 0 Å². The minimum Gasteiger partial charge on any atom is -0.481 e. The summed E-state index contributed by atoms with van der Waals surface area (Å²) in [7, 11) is 0. The van der Waals surface area contributed by atoms with Gasteiger partial charge in [0, 0.05) is 6.54 Å². The van der Waals surface area contributed by atoms with Gasteiger partial charge in [-0.15, -0.1) is 0 Å². The highest BCUT2D eigenvalue weighted by Crippen LogP contribution is 2.28. The molecule has 9 heteroatoms. The van der Waals surface area contributed by atoms with E-state index in [0.29, 0.717) is 0 Å². The van der Waals surface area contributed by atoms with Gasteiger partial charge in [0.05, 0.1) is 5.56 Å². The number of carboxylic acids is 1. The molecule has 0 spiro atoms. The highest BCUT2D eigenvalue weighted by Gasteiger charge is 2.41. The van der Waals surface area contributed by atoms with E-state index in [1.54, 1.807) is 26.8 Å². The zero-order valence-corrected chi connectivity index (χ0v) is 14.5. The summed E-state index contributed by atoms with van der Waals surface area (Å²) in [5.41, 5.74) is -1.30. The highest BCUT2D eigenvalue weighted by molar-refractivity contribution is 6.04. The fourth-order valence-electron chi connectivity index (χ4n) is 2.03. The number of carbonyl (C=O) groups excluding carboxylic acids is 2. The molecule has 0 radical (unpaired) electrons. The van der Waals surface area contributed by atoms with Gasteiger partial charge in [0.1, 0.15) is 11.5 Å². The van der Waals surface area contributed by atoms with Crippen LogP contribution in [-0.2, 0) is 20.5 Å². The molecule has 0 bridgehead atoms. The first-order valence-corrected chi connectivity index (χ1v) is 7.72. The number of nitrogens with zero attached hydrogens (tertiary/aromatic N) is 1. The monoisotopic (exact) mass is 375 g/mol. The van der Waals surface area contributed by atoms with Gasteiger partial charge in [0.25, 0.3) is 0 Å². The number of hydrogen-bond acceptors (Lipinski definition) is 4. The van der Waals surface area contributed by atoms with Crippen LogP contribution >= 0.6 is 0 Å². The summed E-state index contributed by atoms with van der Waals surface area (Å²) < 4.78 is 40.4. The average Bonchev–Trinajstić information content (AvgIpc) is 2.88. The van der Waals surface area contributed by atoms with Crippen LogP contribution in [0.2, 0.25) is 0 Å². The fraction of sp³-hybridized carbons (Fsp3) is 0.471. The molecule has 1 aliphatic heterocycles. The zero-order valence-electron chi connectivity index (χ0n) is 14.5. The maximum Gasteiger partial charge on any atom is 0.417 e. The smallest absolute Gasteiger partial charge is 0.417 e. The molecule has 1 saturated heterocycles. The van der Waals surface area contributed by atoms with Gasteiger partial charge in [-0.05, 0) is 27.2 Å². The lowest BCUT2D eigenvalue weighted by Crippen LogP contribution is -2.39. The molecule has 1 N–H and O–H groups in total.